The summed E-state index contributed by atoms with van der Waals surface area (Å²) in [6.45, 7) is 5.78. The van der Waals surface area contributed by atoms with Gasteiger partial charge in [-0.3, -0.25) is 9.69 Å². The fraction of sp³-hybridized carbons (Fsp3) is 0.458. The van der Waals surface area contributed by atoms with Gasteiger partial charge in [0, 0.05) is 41.4 Å². The van der Waals surface area contributed by atoms with Crippen LogP contribution in [0.3, 0.4) is 0 Å². The van der Waals surface area contributed by atoms with Crippen LogP contribution in [0.25, 0.3) is 0 Å². The molecule has 5 nitrogen and oxygen atoms in total. The van der Waals surface area contributed by atoms with Crippen molar-refractivity contribution in [1.29, 1.82) is 0 Å². The highest BCUT2D eigenvalue weighted by Crippen LogP contribution is 2.34. The molecule has 2 atom stereocenters. The van der Waals surface area contributed by atoms with Crippen LogP contribution in [0.5, 0.6) is 0 Å². The van der Waals surface area contributed by atoms with Crippen molar-refractivity contribution >= 4 is 52.1 Å². The van der Waals surface area contributed by atoms with Gasteiger partial charge in [-0.2, -0.15) is 0 Å². The van der Waals surface area contributed by atoms with Crippen LogP contribution >= 0.6 is 34.8 Å². The van der Waals surface area contributed by atoms with E-state index in [9.17, 15) is 4.79 Å². The van der Waals surface area contributed by atoms with Crippen LogP contribution in [0, 0.1) is 5.92 Å². The van der Waals surface area contributed by atoms with E-state index in [-0.39, 0.29) is 17.9 Å². The first-order chi connectivity index (χ1) is 15.3. The van der Waals surface area contributed by atoms with Crippen LogP contribution in [-0.4, -0.2) is 43.0 Å². The first-order valence-electron chi connectivity index (χ1n) is 11.1. The summed E-state index contributed by atoms with van der Waals surface area (Å²) in [5.74, 6) is -0.158. The molecule has 2 aliphatic rings. The number of benzene rings is 2. The molecule has 2 aromatic rings. The van der Waals surface area contributed by atoms with Gasteiger partial charge in [0.1, 0.15) is 0 Å². The minimum Gasteiger partial charge on any atom is -0.377 e. The monoisotopic (exact) mass is 494 g/mol. The number of likely N-dealkylation sites (tertiary alicyclic amines) is 1. The third-order valence-corrected chi connectivity index (χ3v) is 7.61. The highest BCUT2D eigenvalue weighted by Gasteiger charge is 2.33. The third kappa shape index (κ3) is 5.28. The van der Waals surface area contributed by atoms with E-state index in [0.717, 1.165) is 62.4 Å². The Morgan fingerprint density at radius 1 is 1.03 bits per heavy atom. The number of nitrogens with one attached hydrogen (secondary N) is 1. The van der Waals surface area contributed by atoms with E-state index >= 15 is 0 Å². The largest absolute Gasteiger partial charge is 0.377 e. The first-order valence-corrected chi connectivity index (χ1v) is 12.2. The van der Waals surface area contributed by atoms with Gasteiger partial charge in [0.05, 0.1) is 22.7 Å². The maximum Gasteiger partial charge on any atom is 0.221 e. The Morgan fingerprint density at radius 3 is 2.44 bits per heavy atom. The summed E-state index contributed by atoms with van der Waals surface area (Å²) in [6.07, 6.45) is 3.04. The number of hydrogen-bond donors (Lipinski definition) is 2. The van der Waals surface area contributed by atoms with E-state index in [1.807, 2.05) is 18.2 Å². The molecule has 1 amide bonds. The van der Waals surface area contributed by atoms with Gasteiger partial charge in [-0.05, 0) is 68.6 Å². The Balaban J connectivity index is 1.39. The lowest BCUT2D eigenvalue weighted by Gasteiger charge is -2.38. The Morgan fingerprint density at radius 2 is 1.78 bits per heavy atom. The molecule has 2 fully saturated rings. The molecule has 0 bridgehead atoms. The molecule has 2 aliphatic heterocycles. The molecule has 2 aromatic carbocycles. The van der Waals surface area contributed by atoms with Crippen LogP contribution < -0.4 is 16.0 Å². The molecular formula is C24H29Cl3N4O. The summed E-state index contributed by atoms with van der Waals surface area (Å²) in [5, 5.41) is 5.42. The summed E-state index contributed by atoms with van der Waals surface area (Å²) < 4.78 is 0. The minimum absolute atomic E-state index is 0.00839. The number of nitrogens with zero attached hydrogens (tertiary/aromatic N) is 2. The molecule has 3 N–H and O–H groups in total. The number of nitrogens with two attached hydrogens (primary N) is 1. The van der Waals surface area contributed by atoms with Crippen molar-refractivity contribution in [3.05, 3.63) is 57.0 Å². The lowest BCUT2D eigenvalue weighted by atomic mass is 10.0. The molecule has 2 heterocycles. The quantitative estimate of drug-likeness (QED) is 0.548. The average molecular weight is 496 g/mol. The molecular weight excluding hydrogens is 467 g/mol. The van der Waals surface area contributed by atoms with Crippen LogP contribution in [0.2, 0.25) is 15.1 Å². The second-order valence-electron chi connectivity index (χ2n) is 8.80. The number of carbonyl (C=O) groups excluding carboxylic acids is 1. The van der Waals surface area contributed by atoms with Crippen LogP contribution in [0.15, 0.2) is 36.4 Å². The van der Waals surface area contributed by atoms with Gasteiger partial charge in [-0.1, -0.05) is 40.9 Å². The standard InChI is InChI=1S/C24H29Cl3N4O/c1-15(20-4-2-17(25)12-22(20)27)29-23-13-19(3-5-21(23)26)30-10-7-18(8-11-30)31-9-6-16(14-31)24(28)32/h2-5,12-13,15-16,18,29H,6-11,14H2,1H3,(H2,28,32). The zero-order chi connectivity index (χ0) is 22.8. The van der Waals surface area contributed by atoms with Gasteiger partial charge < -0.3 is 16.0 Å². The number of primary amides is 1. The van der Waals surface area contributed by atoms with Crippen molar-refractivity contribution < 1.29 is 4.79 Å². The maximum absolute atomic E-state index is 11.5. The van der Waals surface area contributed by atoms with Crippen molar-refractivity contribution in [2.45, 2.75) is 38.3 Å². The SMILES string of the molecule is CC(Nc1cc(N2CCC(N3CCC(C(N)=O)C3)CC2)ccc1Cl)c1ccc(Cl)cc1Cl. The molecule has 2 unspecified atom stereocenters. The zero-order valence-corrected chi connectivity index (χ0v) is 20.4. The van der Waals surface area contributed by atoms with Crippen LogP contribution in [0.1, 0.15) is 37.8 Å². The van der Waals surface area contributed by atoms with E-state index in [2.05, 4.69) is 34.2 Å². The third-order valence-electron chi connectivity index (χ3n) is 6.72. The molecule has 2 saturated heterocycles. The number of anilines is 2. The van der Waals surface area contributed by atoms with Gasteiger partial charge in [-0.25, -0.2) is 0 Å². The smallest absolute Gasteiger partial charge is 0.221 e. The molecule has 0 saturated carbocycles. The Bertz CT molecular complexity index is 978. The Hall–Kier alpha value is -1.66. The predicted octanol–water partition coefficient (Wildman–Crippen LogP) is 5.60. The van der Waals surface area contributed by atoms with Gasteiger partial charge in [-0.15, -0.1) is 0 Å². The molecule has 172 valence electrons. The van der Waals surface area contributed by atoms with E-state index in [1.54, 1.807) is 6.07 Å². The number of amides is 1. The first kappa shape index (κ1) is 23.5. The number of hydrogen-bond acceptors (Lipinski definition) is 4. The lowest BCUT2D eigenvalue weighted by Crippen LogP contribution is -2.44. The fourth-order valence-electron chi connectivity index (χ4n) is 4.82. The zero-order valence-electron chi connectivity index (χ0n) is 18.2. The highest BCUT2D eigenvalue weighted by molar-refractivity contribution is 6.35. The van der Waals surface area contributed by atoms with Gasteiger partial charge in [0.15, 0.2) is 0 Å². The Kier molecular flexibility index (Phi) is 7.40. The minimum atomic E-state index is -0.166. The molecule has 0 aromatic heterocycles. The number of halogens is 3. The summed E-state index contributed by atoms with van der Waals surface area (Å²) in [4.78, 5) is 16.3. The van der Waals surface area contributed by atoms with Crippen molar-refractivity contribution in [2.75, 3.05) is 36.4 Å². The molecule has 4 rings (SSSR count). The fourth-order valence-corrected chi connectivity index (χ4v) is 5.57. The van der Waals surface area contributed by atoms with E-state index in [4.69, 9.17) is 40.5 Å². The Labute approximate surface area is 204 Å². The van der Waals surface area contributed by atoms with Gasteiger partial charge in [0.25, 0.3) is 0 Å². The van der Waals surface area contributed by atoms with Crippen LogP contribution in [0.4, 0.5) is 11.4 Å². The molecule has 0 spiro atoms. The molecule has 32 heavy (non-hydrogen) atoms. The van der Waals surface area contributed by atoms with E-state index < -0.39 is 0 Å². The van der Waals surface area contributed by atoms with E-state index in [1.165, 1.54) is 0 Å². The molecule has 0 radical (unpaired) electrons. The summed E-state index contributed by atoms with van der Waals surface area (Å²) >= 11 is 18.9. The number of piperidine rings is 1. The molecule has 8 heteroatoms. The second-order valence-corrected chi connectivity index (χ2v) is 10.0. The van der Waals surface area contributed by atoms with Gasteiger partial charge in [0.2, 0.25) is 5.91 Å². The van der Waals surface area contributed by atoms with Crippen molar-refractivity contribution in [3.8, 4) is 0 Å². The second kappa shape index (κ2) is 10.1. The van der Waals surface area contributed by atoms with E-state index in [0.29, 0.717) is 21.1 Å². The predicted molar refractivity (Wildman–Crippen MR) is 134 cm³/mol. The summed E-state index contributed by atoms with van der Waals surface area (Å²) in [7, 11) is 0. The molecule has 0 aliphatic carbocycles. The summed E-state index contributed by atoms with van der Waals surface area (Å²) in [5.41, 5.74) is 8.50. The van der Waals surface area contributed by atoms with Crippen molar-refractivity contribution in [2.24, 2.45) is 11.7 Å². The van der Waals surface area contributed by atoms with Crippen LogP contribution in [-0.2, 0) is 4.79 Å². The topological polar surface area (TPSA) is 61.6 Å². The van der Waals surface area contributed by atoms with Gasteiger partial charge >= 0.3 is 0 Å². The number of rotatable bonds is 6. The maximum atomic E-state index is 11.5. The summed E-state index contributed by atoms with van der Waals surface area (Å²) in [6, 6.07) is 12.2. The average Bonchev–Trinajstić information content (AvgIpc) is 3.26. The van der Waals surface area contributed by atoms with Crippen molar-refractivity contribution in [1.82, 2.24) is 4.90 Å². The normalized spacial score (nSPS) is 21.0. The highest BCUT2D eigenvalue weighted by atomic mass is 35.5. The number of carbonyl (C=O) groups is 1. The lowest BCUT2D eigenvalue weighted by molar-refractivity contribution is -0.121. The van der Waals surface area contributed by atoms with Crippen molar-refractivity contribution in [3.63, 3.8) is 0 Å².